The number of benzene rings is 2. The molecule has 1 saturated heterocycles. The van der Waals surface area contributed by atoms with E-state index in [0.717, 1.165) is 17.7 Å². The minimum Gasteiger partial charge on any atom is -0.371 e. The van der Waals surface area contributed by atoms with Crippen molar-refractivity contribution < 1.29 is 14.1 Å². The van der Waals surface area contributed by atoms with Crippen LogP contribution in [-0.2, 0) is 11.3 Å². The van der Waals surface area contributed by atoms with Crippen LogP contribution in [0.1, 0.15) is 17.2 Å². The van der Waals surface area contributed by atoms with Gasteiger partial charge in [-0.25, -0.2) is 4.39 Å². The summed E-state index contributed by atoms with van der Waals surface area (Å²) in [6, 6.07) is 13.0. The van der Waals surface area contributed by atoms with Gasteiger partial charge in [0.25, 0.3) is 5.69 Å². The van der Waals surface area contributed by atoms with Crippen LogP contribution in [-0.4, -0.2) is 29.5 Å². The zero-order chi connectivity index (χ0) is 16.2. The summed E-state index contributed by atoms with van der Waals surface area (Å²) in [7, 11) is 0. The smallest absolute Gasteiger partial charge is 0.269 e. The van der Waals surface area contributed by atoms with Crippen LogP contribution in [0.2, 0.25) is 0 Å². The summed E-state index contributed by atoms with van der Waals surface area (Å²) >= 11 is 0. The lowest BCUT2D eigenvalue weighted by molar-refractivity contribution is -0.384. The molecule has 120 valence electrons. The lowest BCUT2D eigenvalue weighted by Crippen LogP contribution is -2.37. The molecule has 3 rings (SSSR count). The van der Waals surface area contributed by atoms with E-state index in [9.17, 15) is 14.5 Å². The highest BCUT2D eigenvalue weighted by Gasteiger charge is 2.22. The van der Waals surface area contributed by atoms with Crippen LogP contribution in [0.4, 0.5) is 10.1 Å². The Hall–Kier alpha value is -2.31. The molecule has 0 amide bonds. The molecular weight excluding hydrogens is 299 g/mol. The number of ether oxygens (including phenoxy) is 1. The van der Waals surface area contributed by atoms with Crippen molar-refractivity contribution in [2.75, 3.05) is 19.7 Å². The Morgan fingerprint density at radius 2 is 2.04 bits per heavy atom. The van der Waals surface area contributed by atoms with Gasteiger partial charge in [-0.2, -0.15) is 0 Å². The van der Waals surface area contributed by atoms with Crippen molar-refractivity contribution in [3.05, 3.63) is 75.6 Å². The normalized spacial score (nSPS) is 18.7. The minimum absolute atomic E-state index is 0.103. The van der Waals surface area contributed by atoms with Crippen molar-refractivity contribution in [2.45, 2.75) is 12.6 Å². The molecule has 1 heterocycles. The number of hydrogen-bond donors (Lipinski definition) is 0. The summed E-state index contributed by atoms with van der Waals surface area (Å²) in [5.74, 6) is -0.266. The van der Waals surface area contributed by atoms with Crippen LogP contribution in [0.25, 0.3) is 0 Å². The van der Waals surface area contributed by atoms with E-state index in [4.69, 9.17) is 4.74 Å². The highest BCUT2D eigenvalue weighted by Crippen LogP contribution is 2.24. The molecule has 1 aliphatic heterocycles. The van der Waals surface area contributed by atoms with E-state index in [1.807, 2.05) is 6.07 Å². The molecule has 6 heteroatoms. The molecule has 0 spiro atoms. The van der Waals surface area contributed by atoms with Gasteiger partial charge in [-0.3, -0.25) is 15.0 Å². The van der Waals surface area contributed by atoms with Gasteiger partial charge in [0.1, 0.15) is 5.82 Å². The number of nitrogens with zero attached hydrogens (tertiary/aromatic N) is 2. The zero-order valence-electron chi connectivity index (χ0n) is 12.5. The number of hydrogen-bond acceptors (Lipinski definition) is 4. The van der Waals surface area contributed by atoms with Gasteiger partial charge in [-0.15, -0.1) is 0 Å². The van der Waals surface area contributed by atoms with Gasteiger partial charge < -0.3 is 4.74 Å². The van der Waals surface area contributed by atoms with Crippen LogP contribution in [0.15, 0.2) is 48.5 Å². The van der Waals surface area contributed by atoms with Crippen molar-refractivity contribution in [1.29, 1.82) is 0 Å². The Labute approximate surface area is 133 Å². The average Bonchev–Trinajstić information content (AvgIpc) is 2.56. The zero-order valence-corrected chi connectivity index (χ0v) is 12.5. The van der Waals surface area contributed by atoms with Crippen LogP contribution in [0.3, 0.4) is 0 Å². The number of rotatable bonds is 4. The van der Waals surface area contributed by atoms with Crippen LogP contribution in [0.5, 0.6) is 0 Å². The van der Waals surface area contributed by atoms with E-state index in [1.54, 1.807) is 24.3 Å². The van der Waals surface area contributed by atoms with E-state index >= 15 is 0 Å². The fourth-order valence-corrected chi connectivity index (χ4v) is 2.75. The maximum atomic E-state index is 13.0. The third kappa shape index (κ3) is 3.91. The van der Waals surface area contributed by atoms with E-state index in [2.05, 4.69) is 4.90 Å². The molecule has 0 bridgehead atoms. The van der Waals surface area contributed by atoms with Gasteiger partial charge in [0.2, 0.25) is 0 Å². The van der Waals surface area contributed by atoms with Crippen LogP contribution in [0, 0.1) is 15.9 Å². The van der Waals surface area contributed by atoms with Crippen molar-refractivity contribution in [2.24, 2.45) is 0 Å². The Morgan fingerprint density at radius 1 is 1.26 bits per heavy atom. The number of non-ortho nitro benzene ring substituents is 1. The number of nitro benzene ring substituents is 1. The second-order valence-corrected chi connectivity index (χ2v) is 5.57. The summed E-state index contributed by atoms with van der Waals surface area (Å²) < 4.78 is 18.8. The highest BCUT2D eigenvalue weighted by molar-refractivity contribution is 5.34. The number of morpholine rings is 1. The molecule has 0 aromatic heterocycles. The minimum atomic E-state index is -0.385. The van der Waals surface area contributed by atoms with Gasteiger partial charge in [0.05, 0.1) is 17.6 Å². The third-order valence-corrected chi connectivity index (χ3v) is 3.92. The molecule has 0 N–H and O–H groups in total. The summed E-state index contributed by atoms with van der Waals surface area (Å²) in [5, 5.41) is 10.9. The molecule has 1 unspecified atom stereocenters. The molecule has 2 aromatic rings. The van der Waals surface area contributed by atoms with E-state index in [0.29, 0.717) is 19.7 Å². The summed E-state index contributed by atoms with van der Waals surface area (Å²) in [5.41, 5.74) is 1.94. The van der Waals surface area contributed by atoms with E-state index < -0.39 is 0 Å². The lowest BCUT2D eigenvalue weighted by Gasteiger charge is -2.33. The van der Waals surface area contributed by atoms with Crippen molar-refractivity contribution in [1.82, 2.24) is 4.90 Å². The predicted molar refractivity (Wildman–Crippen MR) is 83.5 cm³/mol. The molecule has 2 aromatic carbocycles. The topological polar surface area (TPSA) is 55.6 Å². The summed E-state index contributed by atoms with van der Waals surface area (Å²) in [4.78, 5) is 12.7. The van der Waals surface area contributed by atoms with E-state index in [-0.39, 0.29) is 22.5 Å². The third-order valence-electron chi connectivity index (χ3n) is 3.92. The SMILES string of the molecule is O=[N+]([O-])c1cccc(CN2CCOC(c3ccc(F)cc3)C2)c1. The first kappa shape index (κ1) is 15.6. The van der Waals surface area contributed by atoms with Gasteiger partial charge in [-0.1, -0.05) is 24.3 Å². The monoisotopic (exact) mass is 316 g/mol. The number of halogens is 1. The van der Waals surface area contributed by atoms with Gasteiger partial charge in [0.15, 0.2) is 0 Å². The maximum absolute atomic E-state index is 13.0. The molecule has 5 nitrogen and oxygen atoms in total. The number of nitro groups is 1. The van der Waals surface area contributed by atoms with Crippen LogP contribution < -0.4 is 0 Å². The second-order valence-electron chi connectivity index (χ2n) is 5.57. The molecule has 1 aliphatic rings. The molecule has 0 radical (unpaired) electrons. The Bertz CT molecular complexity index is 690. The molecule has 1 fully saturated rings. The molecule has 23 heavy (non-hydrogen) atoms. The van der Waals surface area contributed by atoms with E-state index in [1.165, 1.54) is 18.2 Å². The van der Waals surface area contributed by atoms with Gasteiger partial charge in [-0.05, 0) is 23.3 Å². The standard InChI is InChI=1S/C17H17FN2O3/c18-15-6-4-14(5-7-15)17-12-19(8-9-23-17)11-13-2-1-3-16(10-13)20(21)22/h1-7,10,17H,8-9,11-12H2. The lowest BCUT2D eigenvalue weighted by atomic mass is 10.1. The second kappa shape index (κ2) is 6.85. The van der Waals surface area contributed by atoms with Crippen molar-refractivity contribution in [3.63, 3.8) is 0 Å². The largest absolute Gasteiger partial charge is 0.371 e. The molecule has 0 saturated carbocycles. The first-order chi connectivity index (χ1) is 11.1. The quantitative estimate of drug-likeness (QED) is 0.641. The first-order valence-electron chi connectivity index (χ1n) is 7.44. The Morgan fingerprint density at radius 3 is 2.78 bits per heavy atom. The molecular formula is C17H17FN2O3. The fourth-order valence-electron chi connectivity index (χ4n) is 2.75. The average molecular weight is 316 g/mol. The summed E-state index contributed by atoms with van der Waals surface area (Å²) in [6.07, 6.45) is -0.108. The maximum Gasteiger partial charge on any atom is 0.269 e. The Kier molecular flexibility index (Phi) is 4.64. The van der Waals surface area contributed by atoms with Gasteiger partial charge in [0, 0.05) is 31.8 Å². The highest BCUT2D eigenvalue weighted by atomic mass is 19.1. The fraction of sp³-hybridized carbons (Fsp3) is 0.294. The Balaban J connectivity index is 1.68. The van der Waals surface area contributed by atoms with Crippen molar-refractivity contribution >= 4 is 5.69 Å². The first-order valence-corrected chi connectivity index (χ1v) is 7.44. The predicted octanol–water partition coefficient (Wildman–Crippen LogP) is 3.31. The molecule has 0 aliphatic carbocycles. The van der Waals surface area contributed by atoms with Gasteiger partial charge >= 0.3 is 0 Å². The molecule has 1 atom stereocenters. The van der Waals surface area contributed by atoms with Crippen molar-refractivity contribution in [3.8, 4) is 0 Å². The summed E-state index contributed by atoms with van der Waals surface area (Å²) in [6.45, 7) is 2.65. The van der Waals surface area contributed by atoms with Crippen LogP contribution >= 0.6 is 0 Å².